The smallest absolute Gasteiger partial charge is 0.154 e. The minimum absolute atomic E-state index is 0.163. The summed E-state index contributed by atoms with van der Waals surface area (Å²) in [5.41, 5.74) is 6.23. The van der Waals surface area contributed by atoms with Crippen LogP contribution in [-0.4, -0.2) is 25.5 Å². The van der Waals surface area contributed by atoms with Crippen molar-refractivity contribution in [3.63, 3.8) is 0 Å². The highest BCUT2D eigenvalue weighted by molar-refractivity contribution is 7.92. The first-order valence-corrected chi connectivity index (χ1v) is 8.43. The molecule has 102 valence electrons. The Balaban J connectivity index is 2.87. The highest BCUT2D eigenvalue weighted by Gasteiger charge is 2.40. The molecule has 17 heavy (non-hydrogen) atoms. The number of sulfone groups is 1. The third-order valence-corrected chi connectivity index (χ3v) is 6.99. The van der Waals surface area contributed by atoms with Crippen LogP contribution >= 0.6 is 0 Å². The molecule has 0 saturated heterocycles. The molecule has 0 aromatic rings. The molecule has 0 aromatic heterocycles. The lowest BCUT2D eigenvalue weighted by molar-refractivity contribution is 0.146. The van der Waals surface area contributed by atoms with Gasteiger partial charge in [-0.15, -0.1) is 0 Å². The average molecular weight is 261 g/mol. The van der Waals surface area contributed by atoms with E-state index in [0.717, 1.165) is 25.7 Å². The Morgan fingerprint density at radius 2 is 1.82 bits per heavy atom. The van der Waals surface area contributed by atoms with Crippen LogP contribution in [0.2, 0.25) is 0 Å². The van der Waals surface area contributed by atoms with Crippen molar-refractivity contribution in [2.75, 3.05) is 5.75 Å². The molecule has 3 atom stereocenters. The lowest BCUT2D eigenvalue weighted by atomic mass is 9.69. The highest BCUT2D eigenvalue weighted by Crippen LogP contribution is 2.41. The second-order valence-corrected chi connectivity index (χ2v) is 8.51. The Morgan fingerprint density at radius 1 is 1.24 bits per heavy atom. The molecule has 0 amide bonds. The third kappa shape index (κ3) is 3.22. The van der Waals surface area contributed by atoms with Gasteiger partial charge >= 0.3 is 0 Å². The maximum atomic E-state index is 12.0. The van der Waals surface area contributed by atoms with E-state index in [1.54, 1.807) is 6.92 Å². The Labute approximate surface area is 106 Å². The van der Waals surface area contributed by atoms with E-state index < -0.39 is 9.84 Å². The summed E-state index contributed by atoms with van der Waals surface area (Å²) in [7, 11) is -3.00. The van der Waals surface area contributed by atoms with Crippen LogP contribution in [0.25, 0.3) is 0 Å². The van der Waals surface area contributed by atoms with Crippen LogP contribution in [0.1, 0.15) is 53.4 Å². The van der Waals surface area contributed by atoms with Crippen LogP contribution in [0.15, 0.2) is 0 Å². The molecular formula is C13H27NO2S. The van der Waals surface area contributed by atoms with Crippen molar-refractivity contribution in [2.45, 2.75) is 64.7 Å². The summed E-state index contributed by atoms with van der Waals surface area (Å²) in [6.07, 6.45) is 3.75. The lowest BCUT2D eigenvalue weighted by Gasteiger charge is -2.41. The van der Waals surface area contributed by atoms with E-state index in [0.29, 0.717) is 5.92 Å². The van der Waals surface area contributed by atoms with E-state index in [1.165, 1.54) is 0 Å². The van der Waals surface area contributed by atoms with E-state index in [-0.39, 0.29) is 22.5 Å². The zero-order chi connectivity index (χ0) is 13.3. The second-order valence-electron chi connectivity index (χ2n) is 6.01. The molecule has 1 aliphatic rings. The zero-order valence-electron chi connectivity index (χ0n) is 11.6. The first kappa shape index (κ1) is 15.0. The first-order valence-electron chi connectivity index (χ1n) is 6.71. The minimum atomic E-state index is -3.00. The summed E-state index contributed by atoms with van der Waals surface area (Å²) in [4.78, 5) is 0. The summed E-state index contributed by atoms with van der Waals surface area (Å²) in [6.45, 7) is 8.38. The van der Waals surface area contributed by atoms with Gasteiger partial charge in [-0.05, 0) is 30.6 Å². The van der Waals surface area contributed by atoms with Crippen molar-refractivity contribution in [2.24, 2.45) is 17.1 Å². The summed E-state index contributed by atoms with van der Waals surface area (Å²) in [5.74, 6) is 0.698. The highest BCUT2D eigenvalue weighted by atomic mass is 32.2. The molecule has 0 radical (unpaired) electrons. The molecule has 0 aliphatic heterocycles. The van der Waals surface area contributed by atoms with Gasteiger partial charge in [-0.1, -0.05) is 34.1 Å². The van der Waals surface area contributed by atoms with Gasteiger partial charge in [0.1, 0.15) is 0 Å². The quantitative estimate of drug-likeness (QED) is 0.845. The number of hydrogen-bond acceptors (Lipinski definition) is 3. The topological polar surface area (TPSA) is 60.2 Å². The fourth-order valence-corrected chi connectivity index (χ4v) is 4.40. The van der Waals surface area contributed by atoms with Crippen molar-refractivity contribution >= 4 is 9.84 Å². The molecule has 0 aromatic carbocycles. The Bertz CT molecular complexity index is 348. The molecule has 3 unspecified atom stereocenters. The van der Waals surface area contributed by atoms with Gasteiger partial charge in [0.2, 0.25) is 0 Å². The van der Waals surface area contributed by atoms with E-state index in [2.05, 4.69) is 20.8 Å². The van der Waals surface area contributed by atoms with E-state index in [4.69, 9.17) is 5.73 Å². The van der Waals surface area contributed by atoms with E-state index in [1.807, 2.05) is 0 Å². The van der Waals surface area contributed by atoms with Gasteiger partial charge in [-0.3, -0.25) is 0 Å². The van der Waals surface area contributed by atoms with Crippen molar-refractivity contribution in [3.05, 3.63) is 0 Å². The van der Waals surface area contributed by atoms with Gasteiger partial charge in [0.15, 0.2) is 9.84 Å². The molecule has 4 heteroatoms. The fourth-order valence-electron chi connectivity index (χ4n) is 2.78. The van der Waals surface area contributed by atoms with Gasteiger partial charge < -0.3 is 5.73 Å². The van der Waals surface area contributed by atoms with Crippen LogP contribution in [0, 0.1) is 11.3 Å². The maximum Gasteiger partial charge on any atom is 0.154 e. The molecular weight excluding hydrogens is 234 g/mol. The molecule has 3 nitrogen and oxygen atoms in total. The van der Waals surface area contributed by atoms with Crippen LogP contribution < -0.4 is 5.73 Å². The molecule has 1 rings (SSSR count). The normalized spacial score (nSPS) is 31.5. The van der Waals surface area contributed by atoms with E-state index >= 15 is 0 Å². The molecule has 1 aliphatic carbocycles. The zero-order valence-corrected chi connectivity index (χ0v) is 12.4. The molecule has 0 bridgehead atoms. The minimum Gasteiger partial charge on any atom is -0.327 e. The standard InChI is InChI=1S/C13H27NO2S/c1-5-13(3,4)10-7-8-11(14)12(9-10)17(15,16)6-2/h10-12H,5-9,14H2,1-4H3. The summed E-state index contributed by atoms with van der Waals surface area (Å²) >= 11 is 0. The average Bonchev–Trinajstić information content (AvgIpc) is 2.29. The summed E-state index contributed by atoms with van der Waals surface area (Å²) in [6, 6.07) is -0.163. The molecule has 2 N–H and O–H groups in total. The van der Waals surface area contributed by atoms with E-state index in [9.17, 15) is 8.42 Å². The fraction of sp³-hybridized carbons (Fsp3) is 1.00. The number of hydrogen-bond donors (Lipinski definition) is 1. The second kappa shape index (κ2) is 5.27. The SMILES string of the molecule is CCC(C)(C)C1CCC(N)C(S(=O)(=O)CC)C1. The van der Waals surface area contributed by atoms with Crippen LogP contribution in [0.5, 0.6) is 0 Å². The first-order chi connectivity index (χ1) is 7.74. The van der Waals surface area contributed by atoms with Gasteiger partial charge in [-0.2, -0.15) is 0 Å². The van der Waals surface area contributed by atoms with Crippen LogP contribution in [0.3, 0.4) is 0 Å². The Kier molecular flexibility index (Phi) is 4.64. The van der Waals surface area contributed by atoms with Crippen molar-refractivity contribution in [1.29, 1.82) is 0 Å². The summed E-state index contributed by atoms with van der Waals surface area (Å²) < 4.78 is 24.1. The molecule has 1 saturated carbocycles. The van der Waals surface area contributed by atoms with Gasteiger partial charge in [0.25, 0.3) is 0 Å². The van der Waals surface area contributed by atoms with Crippen molar-refractivity contribution in [3.8, 4) is 0 Å². The van der Waals surface area contributed by atoms with Crippen LogP contribution in [0.4, 0.5) is 0 Å². The Hall–Kier alpha value is -0.0900. The maximum absolute atomic E-state index is 12.0. The van der Waals surface area contributed by atoms with Crippen molar-refractivity contribution in [1.82, 2.24) is 0 Å². The van der Waals surface area contributed by atoms with Crippen molar-refractivity contribution < 1.29 is 8.42 Å². The largest absolute Gasteiger partial charge is 0.327 e. The monoisotopic (exact) mass is 261 g/mol. The predicted octanol–water partition coefficient (Wildman–Crippen LogP) is 2.35. The molecule has 0 heterocycles. The van der Waals surface area contributed by atoms with Crippen LogP contribution in [-0.2, 0) is 9.84 Å². The Morgan fingerprint density at radius 3 is 2.29 bits per heavy atom. The van der Waals surface area contributed by atoms with Gasteiger partial charge in [-0.25, -0.2) is 8.42 Å². The van der Waals surface area contributed by atoms with Gasteiger partial charge in [0, 0.05) is 11.8 Å². The molecule has 0 spiro atoms. The number of nitrogens with two attached hydrogens (primary N) is 1. The number of rotatable bonds is 4. The molecule has 1 fully saturated rings. The predicted molar refractivity (Wildman–Crippen MR) is 72.6 cm³/mol. The summed E-state index contributed by atoms with van der Waals surface area (Å²) in [5, 5.41) is -0.322. The third-order valence-electron chi connectivity index (χ3n) is 4.72. The lowest BCUT2D eigenvalue weighted by Crippen LogP contribution is -2.48. The van der Waals surface area contributed by atoms with Gasteiger partial charge in [0.05, 0.1) is 5.25 Å².